The largest absolute Gasteiger partial charge is 0.490 e. The molecule has 0 aliphatic carbocycles. The first-order valence-electron chi connectivity index (χ1n) is 10.1. The highest BCUT2D eigenvalue weighted by Crippen LogP contribution is 2.34. The standard InChI is InChI=1S/C25H22N4O/c26-22(10-21-14-29-25-4-2-1-3-24(21)25)16-30-23-11-20(13-28-15-23)17-5-6-19-12-27-8-7-18(19)9-17/h1-9,11-15,21-22H,10,16,26H2/t21-,22-/m0/s1. The van der Waals surface area contributed by atoms with E-state index in [1.807, 2.05) is 48.9 Å². The van der Waals surface area contributed by atoms with Crippen LogP contribution in [-0.2, 0) is 0 Å². The fraction of sp³-hybridized carbons (Fsp3) is 0.160. The summed E-state index contributed by atoms with van der Waals surface area (Å²) in [6, 6.07) is 18.4. The van der Waals surface area contributed by atoms with Crippen molar-refractivity contribution < 1.29 is 4.74 Å². The monoisotopic (exact) mass is 394 g/mol. The highest BCUT2D eigenvalue weighted by molar-refractivity contribution is 5.86. The summed E-state index contributed by atoms with van der Waals surface area (Å²) in [4.78, 5) is 13.0. The lowest BCUT2D eigenvalue weighted by Gasteiger charge is -2.17. The first kappa shape index (κ1) is 18.5. The second-order valence-corrected chi connectivity index (χ2v) is 7.60. The summed E-state index contributed by atoms with van der Waals surface area (Å²) in [6.07, 6.45) is 10.0. The van der Waals surface area contributed by atoms with E-state index in [2.05, 4.69) is 39.2 Å². The van der Waals surface area contributed by atoms with Crippen LogP contribution < -0.4 is 10.5 Å². The Morgan fingerprint density at radius 1 is 0.900 bits per heavy atom. The highest BCUT2D eigenvalue weighted by atomic mass is 16.5. The van der Waals surface area contributed by atoms with Crippen LogP contribution in [0.1, 0.15) is 17.9 Å². The molecule has 4 aromatic rings. The summed E-state index contributed by atoms with van der Waals surface area (Å²) in [5.41, 5.74) is 10.7. The van der Waals surface area contributed by atoms with E-state index >= 15 is 0 Å². The van der Waals surface area contributed by atoms with Gasteiger partial charge in [-0.1, -0.05) is 30.3 Å². The van der Waals surface area contributed by atoms with E-state index < -0.39 is 0 Å². The van der Waals surface area contributed by atoms with E-state index in [-0.39, 0.29) is 12.0 Å². The third-order valence-corrected chi connectivity index (χ3v) is 5.44. The number of para-hydroxylation sites is 1. The lowest BCUT2D eigenvalue weighted by Crippen LogP contribution is -2.29. The van der Waals surface area contributed by atoms with Gasteiger partial charge in [-0.2, -0.15) is 0 Å². The second kappa shape index (κ2) is 8.05. The molecule has 3 heterocycles. The van der Waals surface area contributed by atoms with Gasteiger partial charge in [0.15, 0.2) is 0 Å². The van der Waals surface area contributed by atoms with Crippen molar-refractivity contribution in [3.8, 4) is 16.9 Å². The molecule has 0 bridgehead atoms. The van der Waals surface area contributed by atoms with Crippen molar-refractivity contribution in [3.63, 3.8) is 0 Å². The average molecular weight is 394 g/mol. The van der Waals surface area contributed by atoms with Crippen LogP contribution in [0.15, 0.2) is 84.4 Å². The topological polar surface area (TPSA) is 73.4 Å². The molecule has 0 saturated heterocycles. The van der Waals surface area contributed by atoms with Gasteiger partial charge in [0.2, 0.25) is 0 Å². The van der Waals surface area contributed by atoms with Gasteiger partial charge >= 0.3 is 0 Å². The minimum atomic E-state index is -0.0931. The normalized spacial score (nSPS) is 15.8. The van der Waals surface area contributed by atoms with E-state index in [0.717, 1.165) is 39.8 Å². The lowest BCUT2D eigenvalue weighted by molar-refractivity contribution is 0.280. The van der Waals surface area contributed by atoms with E-state index in [9.17, 15) is 0 Å². The predicted octanol–water partition coefficient (Wildman–Crippen LogP) is 4.89. The lowest BCUT2D eigenvalue weighted by atomic mass is 9.94. The molecule has 30 heavy (non-hydrogen) atoms. The van der Waals surface area contributed by atoms with Crippen molar-refractivity contribution >= 4 is 22.7 Å². The zero-order valence-corrected chi connectivity index (χ0v) is 16.5. The van der Waals surface area contributed by atoms with Crippen LogP contribution >= 0.6 is 0 Å². The van der Waals surface area contributed by atoms with Crippen LogP contribution in [0.4, 0.5) is 5.69 Å². The number of nitrogens with two attached hydrogens (primary N) is 1. The number of aromatic nitrogens is 2. The van der Waals surface area contributed by atoms with Gasteiger partial charge in [0.05, 0.1) is 11.9 Å². The Balaban J connectivity index is 1.25. The number of pyridine rings is 2. The van der Waals surface area contributed by atoms with Gasteiger partial charge in [-0.05, 0) is 47.2 Å². The summed E-state index contributed by atoms with van der Waals surface area (Å²) >= 11 is 0. The molecule has 0 fully saturated rings. The third kappa shape index (κ3) is 3.80. The first-order valence-corrected chi connectivity index (χ1v) is 10.1. The van der Waals surface area contributed by atoms with Crippen molar-refractivity contribution in [1.29, 1.82) is 0 Å². The van der Waals surface area contributed by atoms with Crippen LogP contribution in [0.5, 0.6) is 5.75 Å². The maximum absolute atomic E-state index is 6.36. The highest BCUT2D eigenvalue weighted by Gasteiger charge is 2.21. The summed E-state index contributed by atoms with van der Waals surface area (Å²) in [5, 5.41) is 2.26. The fourth-order valence-electron chi connectivity index (χ4n) is 3.87. The Kier molecular flexibility index (Phi) is 4.95. The number of fused-ring (bicyclic) bond motifs is 2. The minimum absolute atomic E-state index is 0.0931. The molecule has 1 aliphatic heterocycles. The zero-order chi connectivity index (χ0) is 20.3. The van der Waals surface area contributed by atoms with Crippen LogP contribution in [0.3, 0.4) is 0 Å². The van der Waals surface area contributed by atoms with E-state index in [0.29, 0.717) is 6.61 Å². The molecule has 0 unspecified atom stereocenters. The summed E-state index contributed by atoms with van der Waals surface area (Å²) in [7, 11) is 0. The SMILES string of the molecule is N[C@H](COc1cncc(-c2ccc3cnccc3c2)c1)C[C@H]1C=Nc2ccccc21. The van der Waals surface area contributed by atoms with Crippen molar-refractivity contribution in [3.05, 3.63) is 84.9 Å². The first-order chi connectivity index (χ1) is 14.8. The van der Waals surface area contributed by atoms with E-state index in [1.165, 1.54) is 5.56 Å². The fourth-order valence-corrected chi connectivity index (χ4v) is 3.87. The average Bonchev–Trinajstić information content (AvgIpc) is 3.20. The smallest absolute Gasteiger partial charge is 0.138 e. The van der Waals surface area contributed by atoms with Crippen LogP contribution in [0, 0.1) is 0 Å². The second-order valence-electron chi connectivity index (χ2n) is 7.60. The molecule has 148 valence electrons. The van der Waals surface area contributed by atoms with Gasteiger partial charge < -0.3 is 10.5 Å². The van der Waals surface area contributed by atoms with Gasteiger partial charge in [0, 0.05) is 47.7 Å². The maximum Gasteiger partial charge on any atom is 0.138 e. The van der Waals surface area contributed by atoms with Crippen molar-refractivity contribution in [2.45, 2.75) is 18.4 Å². The molecule has 0 radical (unpaired) electrons. The molecule has 5 heteroatoms. The summed E-state index contributed by atoms with van der Waals surface area (Å²) in [5.74, 6) is 0.967. The number of aliphatic imine (C=N–C) groups is 1. The molecular weight excluding hydrogens is 372 g/mol. The molecule has 5 rings (SSSR count). The van der Waals surface area contributed by atoms with E-state index in [1.54, 1.807) is 12.4 Å². The number of rotatable bonds is 6. The number of nitrogens with zero attached hydrogens (tertiary/aromatic N) is 3. The number of hydrogen-bond acceptors (Lipinski definition) is 5. The molecular formula is C25H22N4O. The minimum Gasteiger partial charge on any atom is -0.490 e. The predicted molar refractivity (Wildman–Crippen MR) is 120 cm³/mol. The molecule has 2 atom stereocenters. The Bertz CT molecular complexity index is 1220. The van der Waals surface area contributed by atoms with Crippen molar-refractivity contribution in [1.82, 2.24) is 9.97 Å². The molecule has 5 nitrogen and oxygen atoms in total. The Labute approximate surface area is 175 Å². The molecule has 1 aliphatic rings. The molecule has 2 N–H and O–H groups in total. The third-order valence-electron chi connectivity index (χ3n) is 5.44. The van der Waals surface area contributed by atoms with Gasteiger partial charge in [-0.15, -0.1) is 0 Å². The molecule has 2 aromatic heterocycles. The van der Waals surface area contributed by atoms with Crippen LogP contribution in [0.2, 0.25) is 0 Å². The van der Waals surface area contributed by atoms with Crippen LogP contribution in [0.25, 0.3) is 21.9 Å². The summed E-state index contributed by atoms with van der Waals surface area (Å²) in [6.45, 7) is 0.432. The number of benzene rings is 2. The van der Waals surface area contributed by atoms with Gasteiger partial charge in [0.1, 0.15) is 12.4 Å². The molecule has 0 spiro atoms. The van der Waals surface area contributed by atoms with Crippen molar-refractivity contribution in [2.75, 3.05) is 6.61 Å². The Hall–Kier alpha value is -3.57. The summed E-state index contributed by atoms with van der Waals surface area (Å²) < 4.78 is 5.97. The van der Waals surface area contributed by atoms with E-state index in [4.69, 9.17) is 10.5 Å². The van der Waals surface area contributed by atoms with Gasteiger partial charge in [-0.3, -0.25) is 15.0 Å². The Morgan fingerprint density at radius 2 is 1.83 bits per heavy atom. The number of hydrogen-bond donors (Lipinski definition) is 1. The molecule has 0 saturated carbocycles. The van der Waals surface area contributed by atoms with Crippen LogP contribution in [-0.4, -0.2) is 28.8 Å². The quantitative estimate of drug-likeness (QED) is 0.505. The molecule has 2 aromatic carbocycles. The Morgan fingerprint density at radius 3 is 2.80 bits per heavy atom. The molecule has 0 amide bonds. The zero-order valence-electron chi connectivity index (χ0n) is 16.5. The maximum atomic E-state index is 6.36. The number of ether oxygens (including phenoxy) is 1. The van der Waals surface area contributed by atoms with Gasteiger partial charge in [0.25, 0.3) is 0 Å². The van der Waals surface area contributed by atoms with Crippen molar-refractivity contribution in [2.24, 2.45) is 10.7 Å². The van der Waals surface area contributed by atoms with Gasteiger partial charge in [-0.25, -0.2) is 0 Å².